The van der Waals surface area contributed by atoms with Crippen molar-refractivity contribution < 1.29 is 4.79 Å². The second-order valence-corrected chi connectivity index (χ2v) is 13.8. The van der Waals surface area contributed by atoms with Crippen LogP contribution in [0.5, 0.6) is 0 Å². The topological polar surface area (TPSA) is 82.2 Å². The fourth-order valence-corrected chi connectivity index (χ4v) is 10.1. The third-order valence-electron chi connectivity index (χ3n) is 7.35. The molecule has 0 saturated heterocycles. The van der Waals surface area contributed by atoms with Crippen molar-refractivity contribution in [2.45, 2.75) is 25.7 Å². The van der Waals surface area contributed by atoms with Gasteiger partial charge < -0.3 is 0 Å². The summed E-state index contributed by atoms with van der Waals surface area (Å²) in [4.78, 5) is 14.5. The van der Waals surface area contributed by atoms with Gasteiger partial charge in [0.05, 0.1) is 0 Å². The van der Waals surface area contributed by atoms with Crippen LogP contribution in [0.15, 0.2) is 91.0 Å². The van der Waals surface area contributed by atoms with Gasteiger partial charge in [-0.15, -0.1) is 0 Å². The first-order chi connectivity index (χ1) is 17.0. The fraction of sp³-hybridized carbons (Fsp3) is 0.310. The molecule has 1 fully saturated rings. The second kappa shape index (κ2) is 11.0. The van der Waals surface area contributed by atoms with Crippen LogP contribution in [0.2, 0.25) is 0 Å². The molecule has 0 radical (unpaired) electrons. The molecule has 35 heavy (non-hydrogen) atoms. The Kier molecular flexibility index (Phi) is 7.87. The van der Waals surface area contributed by atoms with E-state index in [4.69, 9.17) is 11.1 Å². The molecule has 0 atom stereocenters. The minimum atomic E-state index is -2.22. The first-order valence-corrected chi connectivity index (χ1v) is 14.7. The van der Waals surface area contributed by atoms with E-state index in [1.54, 1.807) is 11.9 Å². The molecular formula is C29H37N4OP. The fourth-order valence-electron chi connectivity index (χ4n) is 5.15. The van der Waals surface area contributed by atoms with E-state index in [1.807, 2.05) is 0 Å². The molecule has 3 aromatic carbocycles. The summed E-state index contributed by atoms with van der Waals surface area (Å²) in [5, 5.41) is 15.0. The van der Waals surface area contributed by atoms with Crippen LogP contribution in [0.25, 0.3) is 0 Å². The number of carbonyl (C=O) groups excluding carboxylic acids is 1. The Morgan fingerprint density at radius 2 is 1.34 bits per heavy atom. The van der Waals surface area contributed by atoms with Gasteiger partial charge in [0, 0.05) is 0 Å². The number of unbranched alkanes of at least 4 members (excludes halogenated alkanes) is 1. The molecule has 1 aliphatic rings. The molecule has 4 rings (SSSR count). The summed E-state index contributed by atoms with van der Waals surface area (Å²) < 4.78 is 0. The van der Waals surface area contributed by atoms with Gasteiger partial charge in [0.15, 0.2) is 0 Å². The molecule has 184 valence electrons. The van der Waals surface area contributed by atoms with Gasteiger partial charge in [-0.2, -0.15) is 0 Å². The Morgan fingerprint density at radius 1 is 0.886 bits per heavy atom. The van der Waals surface area contributed by atoms with Gasteiger partial charge >= 0.3 is 210 Å². The predicted molar refractivity (Wildman–Crippen MR) is 150 cm³/mol. The van der Waals surface area contributed by atoms with Crippen molar-refractivity contribution >= 4 is 35.0 Å². The summed E-state index contributed by atoms with van der Waals surface area (Å²) >= 11 is 0. The van der Waals surface area contributed by atoms with E-state index in [0.29, 0.717) is 13.1 Å². The zero-order valence-corrected chi connectivity index (χ0v) is 21.5. The molecule has 0 heterocycles. The Labute approximate surface area is 209 Å². The van der Waals surface area contributed by atoms with Crippen molar-refractivity contribution in [1.82, 2.24) is 10.2 Å². The molecule has 1 saturated carbocycles. The van der Waals surface area contributed by atoms with E-state index in [9.17, 15) is 4.79 Å². The number of nitrogens with one attached hydrogen (secondary N) is 2. The number of amides is 1. The normalized spacial score (nSPS) is 14.7. The predicted octanol–water partition coefficient (Wildman–Crippen LogP) is 3.21. The van der Waals surface area contributed by atoms with Crippen molar-refractivity contribution in [1.29, 1.82) is 5.41 Å². The second-order valence-electron chi connectivity index (χ2n) is 9.74. The van der Waals surface area contributed by atoms with Crippen LogP contribution < -0.4 is 27.0 Å². The average Bonchev–Trinajstić information content (AvgIpc) is 3.68. The van der Waals surface area contributed by atoms with E-state index < -0.39 is 7.26 Å². The summed E-state index contributed by atoms with van der Waals surface area (Å²) in [5.41, 5.74) is 5.20. The Hall–Kier alpha value is -3.17. The number of benzene rings is 3. The summed E-state index contributed by atoms with van der Waals surface area (Å²) in [6.07, 6.45) is 4.78. The van der Waals surface area contributed by atoms with E-state index in [1.165, 1.54) is 15.9 Å². The average molecular weight is 489 g/mol. The maximum atomic E-state index is 12.9. The van der Waals surface area contributed by atoms with Gasteiger partial charge in [-0.1, -0.05) is 0 Å². The SMILES string of the molecule is CN(CC1(C(=O)NCCCC[PH](c2ccccc2)(c2ccccc2)c2ccccc2)CC1)C(=N)N. The number of nitrogens with two attached hydrogens (primary N) is 1. The van der Waals surface area contributed by atoms with Crippen LogP contribution in [0, 0.1) is 10.8 Å². The van der Waals surface area contributed by atoms with Crippen LogP contribution in [-0.4, -0.2) is 43.1 Å². The molecule has 0 bridgehead atoms. The van der Waals surface area contributed by atoms with Crippen molar-refractivity contribution in [2.75, 3.05) is 26.3 Å². The molecule has 1 aliphatic carbocycles. The number of nitrogens with zero attached hydrogens (tertiary/aromatic N) is 1. The van der Waals surface area contributed by atoms with E-state index in [-0.39, 0.29) is 17.3 Å². The Morgan fingerprint density at radius 3 is 1.74 bits per heavy atom. The quantitative estimate of drug-likeness (QED) is 0.168. The molecule has 0 unspecified atom stereocenters. The van der Waals surface area contributed by atoms with Crippen molar-refractivity contribution in [3.05, 3.63) is 91.0 Å². The van der Waals surface area contributed by atoms with Crippen LogP contribution >= 0.6 is 7.26 Å². The number of guanidine groups is 1. The van der Waals surface area contributed by atoms with Gasteiger partial charge in [0.25, 0.3) is 0 Å². The Bertz CT molecular complexity index is 1020. The number of hydrogen-bond donors (Lipinski definition) is 3. The summed E-state index contributed by atoms with van der Waals surface area (Å²) in [6, 6.07) is 32.9. The first kappa shape index (κ1) is 24.9. The molecule has 6 heteroatoms. The molecule has 0 aliphatic heterocycles. The van der Waals surface area contributed by atoms with Crippen molar-refractivity contribution in [3.8, 4) is 0 Å². The van der Waals surface area contributed by atoms with Crippen molar-refractivity contribution in [3.63, 3.8) is 0 Å². The molecule has 0 spiro atoms. The summed E-state index contributed by atoms with van der Waals surface area (Å²) in [7, 11) is -0.442. The molecule has 5 nitrogen and oxygen atoms in total. The number of rotatable bonds is 11. The van der Waals surface area contributed by atoms with Gasteiger partial charge in [-0.3, -0.25) is 0 Å². The summed E-state index contributed by atoms with van der Waals surface area (Å²) in [6.45, 7) is 1.19. The van der Waals surface area contributed by atoms with E-state index in [0.717, 1.165) is 31.8 Å². The van der Waals surface area contributed by atoms with E-state index in [2.05, 4.69) is 96.3 Å². The van der Waals surface area contributed by atoms with Crippen LogP contribution in [0.1, 0.15) is 25.7 Å². The van der Waals surface area contributed by atoms with Gasteiger partial charge in [0.1, 0.15) is 0 Å². The van der Waals surface area contributed by atoms with E-state index >= 15 is 0 Å². The maximum absolute atomic E-state index is 12.9. The van der Waals surface area contributed by atoms with Gasteiger partial charge in [-0.05, 0) is 0 Å². The minimum absolute atomic E-state index is 0.00751. The zero-order chi connectivity index (χ0) is 24.7. The molecule has 3 aromatic rings. The van der Waals surface area contributed by atoms with Crippen LogP contribution in [0.3, 0.4) is 0 Å². The summed E-state index contributed by atoms with van der Waals surface area (Å²) in [5.74, 6) is 0.108. The monoisotopic (exact) mass is 488 g/mol. The van der Waals surface area contributed by atoms with Crippen LogP contribution in [-0.2, 0) is 4.79 Å². The number of hydrogen-bond acceptors (Lipinski definition) is 2. The van der Waals surface area contributed by atoms with Gasteiger partial charge in [0.2, 0.25) is 0 Å². The molecule has 0 aromatic heterocycles. The third kappa shape index (κ3) is 5.57. The van der Waals surface area contributed by atoms with Gasteiger partial charge in [-0.25, -0.2) is 0 Å². The first-order valence-electron chi connectivity index (χ1n) is 12.5. The number of carbonyl (C=O) groups is 1. The molecule has 1 amide bonds. The molecule has 4 N–H and O–H groups in total. The van der Waals surface area contributed by atoms with Crippen molar-refractivity contribution in [2.24, 2.45) is 11.1 Å². The molecular weight excluding hydrogens is 451 g/mol. The zero-order valence-electron chi connectivity index (χ0n) is 20.5. The standard InChI is InChI=1S/C29H37N4OP/c1-33(28(30)31)23-29(19-20-29)27(34)32-21-11-12-22-35(24-13-5-2-6-14-24,25-15-7-3-8-16-25)26-17-9-4-10-18-26/h2-10,13-18,35H,11-12,19-23H2,1H3,(H3,30,31)(H,32,34). The van der Waals surface area contributed by atoms with Crippen LogP contribution in [0.4, 0.5) is 0 Å². The Balaban J connectivity index is 1.47. The third-order valence-corrected chi connectivity index (χ3v) is 12.4.